The number of esters is 1. The quantitative estimate of drug-likeness (QED) is 0.812. The summed E-state index contributed by atoms with van der Waals surface area (Å²) in [4.78, 5) is 14.2. The fourth-order valence-electron chi connectivity index (χ4n) is 4.00. The number of hydrogen-bond acceptors (Lipinski definition) is 3. The van der Waals surface area contributed by atoms with Crippen LogP contribution < -0.4 is 0 Å². The molecule has 1 aliphatic heterocycles. The van der Waals surface area contributed by atoms with Gasteiger partial charge in [0.15, 0.2) is 0 Å². The highest BCUT2D eigenvalue weighted by Gasteiger charge is 2.65. The number of carbonyl (C=O) groups is 1. The van der Waals surface area contributed by atoms with Crippen LogP contribution in [0.2, 0.25) is 0 Å². The Bertz CT molecular complexity index is 653. The van der Waals surface area contributed by atoms with Crippen LogP contribution in [0.25, 0.3) is 0 Å². The van der Waals surface area contributed by atoms with Crippen LogP contribution in [0, 0.1) is 11.3 Å². The first-order valence-electron chi connectivity index (χ1n) is 8.15. The van der Waals surface area contributed by atoms with Crippen LogP contribution in [0.3, 0.4) is 0 Å². The van der Waals surface area contributed by atoms with Crippen molar-refractivity contribution in [3.8, 4) is 0 Å². The van der Waals surface area contributed by atoms with Crippen LogP contribution in [0.5, 0.6) is 0 Å². The third-order valence-corrected chi connectivity index (χ3v) is 5.31. The first-order chi connectivity index (χ1) is 11.2. The van der Waals surface area contributed by atoms with E-state index >= 15 is 0 Å². The summed E-state index contributed by atoms with van der Waals surface area (Å²) in [5, 5.41) is 0. The van der Waals surface area contributed by atoms with Gasteiger partial charge in [0.25, 0.3) is 0 Å². The van der Waals surface area contributed by atoms with Gasteiger partial charge in [-0.2, -0.15) is 0 Å². The molecule has 1 saturated carbocycles. The average Bonchev–Trinajstić information content (AvgIpc) is 3.32. The molecular formula is C20H21NO2. The van der Waals surface area contributed by atoms with Gasteiger partial charge in [-0.25, -0.2) is 0 Å². The van der Waals surface area contributed by atoms with Gasteiger partial charge in [-0.3, -0.25) is 9.69 Å². The molecule has 1 saturated heterocycles. The van der Waals surface area contributed by atoms with E-state index in [-0.39, 0.29) is 23.3 Å². The van der Waals surface area contributed by atoms with E-state index in [0.717, 1.165) is 19.5 Å². The molecule has 3 nitrogen and oxygen atoms in total. The Morgan fingerprint density at radius 1 is 1.04 bits per heavy atom. The molecule has 2 fully saturated rings. The summed E-state index contributed by atoms with van der Waals surface area (Å²) >= 11 is 0. The topological polar surface area (TPSA) is 29.5 Å². The summed E-state index contributed by atoms with van der Waals surface area (Å²) in [6.07, 6.45) is 0.979. The standard InChI is InChI=1S/C20H21NO2/c1-23-19(22)17-12-20(17)13-21(14-20)18(15-8-4-2-5-9-15)16-10-6-3-7-11-16/h2-11,17-18H,12-14H2,1H3. The van der Waals surface area contributed by atoms with Crippen LogP contribution in [0.15, 0.2) is 60.7 Å². The van der Waals surface area contributed by atoms with E-state index in [1.807, 2.05) is 0 Å². The highest BCUT2D eigenvalue weighted by Crippen LogP contribution is 2.61. The lowest BCUT2D eigenvalue weighted by Gasteiger charge is -2.46. The molecule has 23 heavy (non-hydrogen) atoms. The molecule has 2 aromatic carbocycles. The number of hydrogen-bond donors (Lipinski definition) is 0. The fraction of sp³-hybridized carbons (Fsp3) is 0.350. The summed E-state index contributed by atoms with van der Waals surface area (Å²) in [6.45, 7) is 1.95. The average molecular weight is 307 g/mol. The van der Waals surface area contributed by atoms with E-state index in [1.54, 1.807) is 0 Å². The first-order valence-corrected chi connectivity index (χ1v) is 8.15. The highest BCUT2D eigenvalue weighted by molar-refractivity contribution is 5.77. The second-order valence-corrected chi connectivity index (χ2v) is 6.77. The molecule has 0 aromatic heterocycles. The van der Waals surface area contributed by atoms with E-state index < -0.39 is 0 Å². The summed E-state index contributed by atoms with van der Waals surface area (Å²) in [5.74, 6) is 0.0663. The molecule has 4 rings (SSSR count). The molecular weight excluding hydrogens is 286 g/mol. The number of rotatable bonds is 4. The molecule has 1 atom stereocenters. The fourth-order valence-corrected chi connectivity index (χ4v) is 4.00. The van der Waals surface area contributed by atoms with Gasteiger partial charge in [-0.05, 0) is 17.5 Å². The maximum absolute atomic E-state index is 11.8. The van der Waals surface area contributed by atoms with Crippen molar-refractivity contribution in [1.29, 1.82) is 0 Å². The van der Waals surface area contributed by atoms with Gasteiger partial charge < -0.3 is 4.74 Å². The van der Waals surface area contributed by atoms with Gasteiger partial charge in [0.2, 0.25) is 0 Å². The van der Waals surface area contributed by atoms with Crippen molar-refractivity contribution in [3.05, 3.63) is 71.8 Å². The third kappa shape index (κ3) is 2.45. The number of carbonyl (C=O) groups excluding carboxylic acids is 1. The number of likely N-dealkylation sites (tertiary alicyclic amines) is 1. The molecule has 0 N–H and O–H groups in total. The summed E-state index contributed by atoms with van der Waals surface area (Å²) in [7, 11) is 1.49. The largest absolute Gasteiger partial charge is 0.469 e. The maximum atomic E-state index is 11.8. The Kier molecular flexibility index (Phi) is 3.46. The monoisotopic (exact) mass is 307 g/mol. The second kappa shape index (κ2) is 5.50. The Labute approximate surface area is 136 Å². The Hall–Kier alpha value is -2.13. The minimum atomic E-state index is -0.0411. The summed E-state index contributed by atoms with van der Waals surface area (Å²) < 4.78 is 4.91. The third-order valence-electron chi connectivity index (χ3n) is 5.31. The van der Waals surface area contributed by atoms with Crippen molar-refractivity contribution in [2.24, 2.45) is 11.3 Å². The van der Waals surface area contributed by atoms with Crippen molar-refractivity contribution in [2.45, 2.75) is 12.5 Å². The summed E-state index contributed by atoms with van der Waals surface area (Å²) in [5.41, 5.74) is 2.79. The predicted molar refractivity (Wildman–Crippen MR) is 88.9 cm³/mol. The molecule has 0 amide bonds. The number of nitrogens with zero attached hydrogens (tertiary/aromatic N) is 1. The normalized spacial score (nSPS) is 21.9. The Balaban J connectivity index is 1.56. The first kappa shape index (κ1) is 14.5. The molecule has 1 unspecified atom stereocenters. The van der Waals surface area contributed by atoms with Crippen molar-refractivity contribution in [1.82, 2.24) is 4.90 Å². The molecule has 118 valence electrons. The molecule has 2 aromatic rings. The molecule has 0 bridgehead atoms. The van der Waals surface area contributed by atoms with Crippen molar-refractivity contribution in [3.63, 3.8) is 0 Å². The lowest BCUT2D eigenvalue weighted by atomic mass is 9.87. The van der Waals surface area contributed by atoms with Crippen molar-refractivity contribution < 1.29 is 9.53 Å². The van der Waals surface area contributed by atoms with Crippen LogP contribution in [0.1, 0.15) is 23.6 Å². The van der Waals surface area contributed by atoms with Crippen LogP contribution in [-0.4, -0.2) is 31.1 Å². The molecule has 2 aliphatic rings. The molecule has 1 spiro atoms. The molecule has 0 radical (unpaired) electrons. The number of benzene rings is 2. The van der Waals surface area contributed by atoms with Gasteiger partial charge in [-0.15, -0.1) is 0 Å². The van der Waals surface area contributed by atoms with Gasteiger partial charge in [0.1, 0.15) is 0 Å². The minimum absolute atomic E-state index is 0.0411. The Morgan fingerprint density at radius 3 is 2.04 bits per heavy atom. The summed E-state index contributed by atoms with van der Waals surface area (Å²) in [6, 6.07) is 21.5. The van der Waals surface area contributed by atoms with E-state index in [9.17, 15) is 4.79 Å². The van der Waals surface area contributed by atoms with Crippen LogP contribution in [0.4, 0.5) is 0 Å². The highest BCUT2D eigenvalue weighted by atomic mass is 16.5. The molecule has 3 heteroatoms. The maximum Gasteiger partial charge on any atom is 0.309 e. The van der Waals surface area contributed by atoms with Crippen LogP contribution in [-0.2, 0) is 9.53 Å². The molecule has 1 aliphatic carbocycles. The van der Waals surface area contributed by atoms with Crippen molar-refractivity contribution >= 4 is 5.97 Å². The number of methoxy groups -OCH3 is 1. The van der Waals surface area contributed by atoms with E-state index in [2.05, 4.69) is 65.6 Å². The number of ether oxygens (including phenoxy) is 1. The van der Waals surface area contributed by atoms with E-state index in [1.165, 1.54) is 18.2 Å². The second-order valence-electron chi connectivity index (χ2n) is 6.77. The zero-order valence-corrected chi connectivity index (χ0v) is 13.3. The Morgan fingerprint density at radius 2 is 1.57 bits per heavy atom. The van der Waals surface area contributed by atoms with Crippen molar-refractivity contribution in [2.75, 3.05) is 20.2 Å². The zero-order chi connectivity index (χ0) is 15.9. The SMILES string of the molecule is COC(=O)C1CC12CN(C(c1ccccc1)c1ccccc1)C2. The van der Waals surface area contributed by atoms with Gasteiger partial charge >= 0.3 is 5.97 Å². The lowest BCUT2D eigenvalue weighted by Crippen LogP contribution is -2.52. The van der Waals surface area contributed by atoms with Crippen LogP contribution >= 0.6 is 0 Å². The zero-order valence-electron chi connectivity index (χ0n) is 13.3. The smallest absolute Gasteiger partial charge is 0.309 e. The van der Waals surface area contributed by atoms with E-state index in [4.69, 9.17) is 4.74 Å². The minimum Gasteiger partial charge on any atom is -0.469 e. The van der Waals surface area contributed by atoms with Gasteiger partial charge in [0, 0.05) is 18.5 Å². The lowest BCUT2D eigenvalue weighted by molar-refractivity contribution is -0.144. The predicted octanol–water partition coefficient (Wildman–Crippen LogP) is 3.27. The van der Waals surface area contributed by atoms with Gasteiger partial charge in [-0.1, -0.05) is 60.7 Å². The molecule has 1 heterocycles. The van der Waals surface area contributed by atoms with Gasteiger partial charge in [0.05, 0.1) is 19.1 Å². The van der Waals surface area contributed by atoms with E-state index in [0.29, 0.717) is 0 Å².